The molecule has 2 aromatic carbocycles. The number of nitrogens with zero attached hydrogens (tertiary/aromatic N) is 5. The molecular weight excluding hydrogens is 394 g/mol. The van der Waals surface area contributed by atoms with E-state index in [0.717, 1.165) is 26.1 Å². The molecule has 8 heteroatoms. The number of carbonyl (C=O) groups is 1. The highest BCUT2D eigenvalue weighted by Crippen LogP contribution is 2.25. The summed E-state index contributed by atoms with van der Waals surface area (Å²) in [5.41, 5.74) is 3.18. The van der Waals surface area contributed by atoms with Gasteiger partial charge in [0.2, 0.25) is 0 Å². The van der Waals surface area contributed by atoms with E-state index < -0.39 is 4.92 Å². The third-order valence-electron chi connectivity index (χ3n) is 5.73. The Morgan fingerprint density at radius 1 is 1.13 bits per heavy atom. The number of aromatic nitrogens is 2. The number of benzene rings is 2. The second kappa shape index (κ2) is 9.09. The van der Waals surface area contributed by atoms with E-state index in [9.17, 15) is 14.9 Å². The van der Waals surface area contributed by atoms with Crippen LogP contribution in [0.1, 0.15) is 27.9 Å². The summed E-state index contributed by atoms with van der Waals surface area (Å²) in [7, 11) is 0. The molecule has 2 heterocycles. The predicted molar refractivity (Wildman–Crippen MR) is 117 cm³/mol. The van der Waals surface area contributed by atoms with E-state index in [1.165, 1.54) is 23.5 Å². The van der Waals surface area contributed by atoms with Gasteiger partial charge in [0, 0.05) is 56.7 Å². The number of hydrogen-bond donors (Lipinski definition) is 0. The molecule has 1 aliphatic rings. The molecule has 8 nitrogen and oxygen atoms in total. The molecule has 0 unspecified atom stereocenters. The Balaban J connectivity index is 1.48. The van der Waals surface area contributed by atoms with Gasteiger partial charge in [0.15, 0.2) is 0 Å². The molecule has 1 saturated heterocycles. The molecule has 0 bridgehead atoms. The molecule has 0 radical (unpaired) electrons. The Kier molecular flexibility index (Phi) is 6.08. The van der Waals surface area contributed by atoms with Gasteiger partial charge in [0.25, 0.3) is 11.6 Å². The highest BCUT2D eigenvalue weighted by molar-refractivity contribution is 5.95. The van der Waals surface area contributed by atoms with Crippen LogP contribution in [0.5, 0.6) is 0 Å². The number of rotatable bonds is 5. The second-order valence-electron chi connectivity index (χ2n) is 7.78. The summed E-state index contributed by atoms with van der Waals surface area (Å²) in [5, 5.41) is 11.6. The van der Waals surface area contributed by atoms with Crippen LogP contribution in [-0.4, -0.2) is 56.4 Å². The molecule has 0 N–H and O–H groups in total. The summed E-state index contributed by atoms with van der Waals surface area (Å²) in [6.45, 7) is 5.90. The predicted octanol–water partition coefficient (Wildman–Crippen LogP) is 3.44. The zero-order valence-corrected chi connectivity index (χ0v) is 17.5. The van der Waals surface area contributed by atoms with Crippen LogP contribution >= 0.6 is 0 Å². The highest BCUT2D eigenvalue weighted by atomic mass is 16.6. The van der Waals surface area contributed by atoms with Crippen molar-refractivity contribution in [3.8, 4) is 5.69 Å². The van der Waals surface area contributed by atoms with Gasteiger partial charge in [-0.05, 0) is 36.6 Å². The number of carbonyl (C=O) groups excluding carboxylic acids is 1. The molecule has 31 heavy (non-hydrogen) atoms. The van der Waals surface area contributed by atoms with Gasteiger partial charge in [0.1, 0.15) is 5.69 Å². The van der Waals surface area contributed by atoms with Crippen LogP contribution in [0.4, 0.5) is 5.69 Å². The van der Waals surface area contributed by atoms with Gasteiger partial charge in [-0.15, -0.1) is 0 Å². The molecule has 1 amide bonds. The van der Waals surface area contributed by atoms with Crippen molar-refractivity contribution < 1.29 is 9.72 Å². The number of aryl methyl sites for hydroxylation is 1. The maximum Gasteiger partial charge on any atom is 0.294 e. The van der Waals surface area contributed by atoms with Crippen molar-refractivity contribution in [3.05, 3.63) is 88.0 Å². The molecule has 0 saturated carbocycles. The first-order chi connectivity index (χ1) is 15.0. The summed E-state index contributed by atoms with van der Waals surface area (Å²) in [6.07, 6.45) is 5.57. The fraction of sp³-hybridized carbons (Fsp3) is 0.304. The molecule has 1 aromatic heterocycles. The maximum absolute atomic E-state index is 13.1. The molecule has 0 aliphatic carbocycles. The maximum atomic E-state index is 13.1. The second-order valence-corrected chi connectivity index (χ2v) is 7.78. The molecule has 1 fully saturated rings. The fourth-order valence-corrected chi connectivity index (χ4v) is 3.97. The monoisotopic (exact) mass is 419 g/mol. The Labute approximate surface area is 180 Å². The van der Waals surface area contributed by atoms with E-state index in [0.29, 0.717) is 24.3 Å². The van der Waals surface area contributed by atoms with E-state index >= 15 is 0 Å². The molecule has 0 atom stereocenters. The number of nitro groups is 1. The number of hydrogen-bond acceptors (Lipinski definition) is 5. The number of nitro benzene ring substituents is 1. The van der Waals surface area contributed by atoms with Gasteiger partial charge >= 0.3 is 0 Å². The van der Waals surface area contributed by atoms with Crippen molar-refractivity contribution in [2.45, 2.75) is 19.9 Å². The Hall–Kier alpha value is -3.52. The zero-order chi connectivity index (χ0) is 21.8. The number of amides is 1. The fourth-order valence-electron chi connectivity index (χ4n) is 3.97. The lowest BCUT2D eigenvalue weighted by Crippen LogP contribution is -2.35. The van der Waals surface area contributed by atoms with Crippen LogP contribution in [0, 0.1) is 17.0 Å². The average Bonchev–Trinajstić information content (AvgIpc) is 3.21. The first kappa shape index (κ1) is 20.7. The topological polar surface area (TPSA) is 84.5 Å². The largest absolute Gasteiger partial charge is 0.337 e. The van der Waals surface area contributed by atoms with E-state index in [4.69, 9.17) is 0 Å². The van der Waals surface area contributed by atoms with Gasteiger partial charge in [-0.3, -0.25) is 19.8 Å². The quantitative estimate of drug-likeness (QED) is 0.467. The van der Waals surface area contributed by atoms with E-state index in [2.05, 4.69) is 35.0 Å². The van der Waals surface area contributed by atoms with Crippen molar-refractivity contribution in [1.29, 1.82) is 0 Å². The van der Waals surface area contributed by atoms with Gasteiger partial charge in [-0.2, -0.15) is 0 Å². The van der Waals surface area contributed by atoms with Gasteiger partial charge < -0.3 is 9.47 Å². The molecule has 1 aliphatic heterocycles. The van der Waals surface area contributed by atoms with Crippen molar-refractivity contribution in [3.63, 3.8) is 0 Å². The average molecular weight is 419 g/mol. The smallest absolute Gasteiger partial charge is 0.294 e. The third kappa shape index (κ3) is 4.64. The van der Waals surface area contributed by atoms with Gasteiger partial charge in [0.05, 0.1) is 11.3 Å². The van der Waals surface area contributed by atoms with Crippen LogP contribution in [0.15, 0.2) is 61.2 Å². The summed E-state index contributed by atoms with van der Waals surface area (Å²) < 4.78 is 1.57. The van der Waals surface area contributed by atoms with Crippen LogP contribution in [0.3, 0.4) is 0 Å². The van der Waals surface area contributed by atoms with E-state index in [1.807, 2.05) is 6.07 Å². The summed E-state index contributed by atoms with van der Waals surface area (Å²) >= 11 is 0. The van der Waals surface area contributed by atoms with E-state index in [1.54, 1.807) is 34.0 Å². The normalized spacial score (nSPS) is 14.9. The first-order valence-electron chi connectivity index (χ1n) is 10.4. The molecular formula is C23H25N5O3. The van der Waals surface area contributed by atoms with Crippen LogP contribution in [0.25, 0.3) is 5.69 Å². The molecule has 4 rings (SSSR count). The minimum atomic E-state index is -0.460. The van der Waals surface area contributed by atoms with Crippen molar-refractivity contribution in [1.82, 2.24) is 19.4 Å². The first-order valence-corrected chi connectivity index (χ1v) is 10.4. The minimum Gasteiger partial charge on any atom is -0.337 e. The summed E-state index contributed by atoms with van der Waals surface area (Å²) in [5.74, 6) is -0.168. The van der Waals surface area contributed by atoms with Crippen LogP contribution in [-0.2, 0) is 6.54 Å². The highest BCUT2D eigenvalue weighted by Gasteiger charge is 2.24. The van der Waals surface area contributed by atoms with Gasteiger partial charge in [-0.25, -0.2) is 4.98 Å². The Morgan fingerprint density at radius 3 is 2.71 bits per heavy atom. The van der Waals surface area contributed by atoms with E-state index in [-0.39, 0.29) is 11.6 Å². The summed E-state index contributed by atoms with van der Waals surface area (Å²) in [4.78, 5) is 32.4. The number of imidazole rings is 1. The lowest BCUT2D eigenvalue weighted by atomic mass is 10.1. The molecule has 3 aromatic rings. The lowest BCUT2D eigenvalue weighted by molar-refractivity contribution is -0.384. The van der Waals surface area contributed by atoms with Crippen LogP contribution in [0.2, 0.25) is 0 Å². The lowest BCUT2D eigenvalue weighted by Gasteiger charge is -2.22. The van der Waals surface area contributed by atoms with Crippen molar-refractivity contribution in [2.75, 3.05) is 26.2 Å². The molecule has 160 valence electrons. The minimum absolute atomic E-state index is 0.111. The Morgan fingerprint density at radius 2 is 1.97 bits per heavy atom. The SMILES string of the molecule is Cc1ccccc1CN1CCCN(C(=O)c2ccc(-n3ccnc3)c([N+](=O)[O-])c2)CC1. The van der Waals surface area contributed by atoms with Crippen molar-refractivity contribution >= 4 is 11.6 Å². The zero-order valence-electron chi connectivity index (χ0n) is 17.5. The van der Waals surface area contributed by atoms with Crippen LogP contribution < -0.4 is 0 Å². The summed E-state index contributed by atoms with van der Waals surface area (Å²) in [6, 6.07) is 13.0. The third-order valence-corrected chi connectivity index (χ3v) is 5.73. The van der Waals surface area contributed by atoms with Gasteiger partial charge in [-0.1, -0.05) is 24.3 Å². The standard InChI is InChI=1S/C23H25N5O3/c1-18-5-2-3-6-20(18)16-25-10-4-11-26(14-13-25)23(29)19-7-8-21(22(15-19)28(30)31)27-12-9-24-17-27/h2-3,5-9,12,15,17H,4,10-11,13-14,16H2,1H3. The van der Waals surface area contributed by atoms with Crippen molar-refractivity contribution in [2.24, 2.45) is 0 Å². The molecule has 0 spiro atoms. The Bertz CT molecular complexity index is 1080.